The first-order valence-electron chi connectivity index (χ1n) is 6.09. The molecule has 1 amide bonds. The van der Waals surface area contributed by atoms with Crippen LogP contribution >= 0.6 is 0 Å². The Morgan fingerprint density at radius 3 is 2.27 bits per heavy atom. The van der Waals surface area contributed by atoms with E-state index in [2.05, 4.69) is 10.0 Å². The Labute approximate surface area is 126 Å². The van der Waals surface area contributed by atoms with Crippen molar-refractivity contribution in [3.63, 3.8) is 0 Å². The summed E-state index contributed by atoms with van der Waals surface area (Å²) in [6.07, 6.45) is 0.964. The number of carbonyl (C=O) groups excluding carboxylic acids is 1. The van der Waals surface area contributed by atoms with Crippen molar-refractivity contribution in [1.82, 2.24) is 0 Å². The van der Waals surface area contributed by atoms with Crippen molar-refractivity contribution in [3.05, 3.63) is 59.7 Å². The number of hydrogen-bond acceptors (Lipinski definition) is 3. The fourth-order valence-corrected chi connectivity index (χ4v) is 2.32. The van der Waals surface area contributed by atoms with Gasteiger partial charge in [-0.05, 0) is 24.3 Å². The third-order valence-corrected chi connectivity index (χ3v) is 3.24. The topological polar surface area (TPSA) is 75.3 Å². The lowest BCUT2D eigenvalue weighted by Gasteiger charge is -2.12. The van der Waals surface area contributed by atoms with Crippen molar-refractivity contribution in [2.24, 2.45) is 0 Å². The van der Waals surface area contributed by atoms with Gasteiger partial charge in [-0.1, -0.05) is 12.1 Å². The van der Waals surface area contributed by atoms with Crippen LogP contribution < -0.4 is 10.0 Å². The lowest BCUT2D eigenvalue weighted by molar-refractivity contribution is 0.102. The van der Waals surface area contributed by atoms with Crippen LogP contribution in [0.25, 0.3) is 0 Å². The van der Waals surface area contributed by atoms with Crippen LogP contribution in [0.4, 0.5) is 20.2 Å². The number of nitrogens with one attached hydrogen (secondary N) is 2. The molecular weight excluding hydrogens is 314 g/mol. The van der Waals surface area contributed by atoms with Crippen LogP contribution in [0.1, 0.15) is 10.4 Å². The van der Waals surface area contributed by atoms with Gasteiger partial charge in [-0.2, -0.15) is 0 Å². The van der Waals surface area contributed by atoms with Crippen LogP contribution in [-0.2, 0) is 10.0 Å². The lowest BCUT2D eigenvalue weighted by Crippen LogP contribution is -2.17. The van der Waals surface area contributed by atoms with Crippen molar-refractivity contribution in [2.75, 3.05) is 16.3 Å². The molecule has 116 valence electrons. The maximum Gasteiger partial charge on any atom is 0.258 e. The first kappa shape index (κ1) is 15.9. The van der Waals surface area contributed by atoms with Gasteiger partial charge in [-0.3, -0.25) is 9.52 Å². The van der Waals surface area contributed by atoms with Crippen molar-refractivity contribution in [1.29, 1.82) is 0 Å². The molecule has 0 aliphatic carbocycles. The Kier molecular flexibility index (Phi) is 4.41. The van der Waals surface area contributed by atoms with Gasteiger partial charge in [0.2, 0.25) is 10.0 Å². The van der Waals surface area contributed by atoms with E-state index in [-0.39, 0.29) is 16.9 Å². The number of amides is 1. The lowest BCUT2D eigenvalue weighted by atomic mass is 10.2. The second-order valence-electron chi connectivity index (χ2n) is 4.50. The minimum Gasteiger partial charge on any atom is -0.320 e. The summed E-state index contributed by atoms with van der Waals surface area (Å²) in [5.41, 5.74) is -0.0573. The van der Waals surface area contributed by atoms with E-state index in [0.717, 1.165) is 18.4 Å². The Hall–Kier alpha value is -2.48. The van der Waals surface area contributed by atoms with E-state index >= 15 is 0 Å². The van der Waals surface area contributed by atoms with Crippen LogP contribution in [-0.4, -0.2) is 20.6 Å². The number of para-hydroxylation sites is 2. The number of benzene rings is 2. The molecular formula is C14H12F2N2O3S. The first-order valence-corrected chi connectivity index (χ1v) is 7.98. The molecule has 0 saturated heterocycles. The standard InChI is InChI=1S/C14H12F2N2O3S/c1-22(20,21)18-13-5-3-2-4-12(13)17-14(19)10-7-6-9(15)8-11(10)16/h2-8,18H,1H3,(H,17,19). The van der Waals surface area contributed by atoms with Crippen molar-refractivity contribution in [3.8, 4) is 0 Å². The Balaban J connectivity index is 2.29. The van der Waals surface area contributed by atoms with Gasteiger partial charge < -0.3 is 5.32 Å². The van der Waals surface area contributed by atoms with Gasteiger partial charge in [0.1, 0.15) is 11.6 Å². The number of rotatable bonds is 4. The predicted molar refractivity (Wildman–Crippen MR) is 79.2 cm³/mol. The Morgan fingerprint density at radius 2 is 1.68 bits per heavy atom. The van der Waals surface area contributed by atoms with Crippen LogP contribution in [0.2, 0.25) is 0 Å². The minimum atomic E-state index is -3.54. The van der Waals surface area contributed by atoms with E-state index in [1.165, 1.54) is 12.1 Å². The molecule has 5 nitrogen and oxygen atoms in total. The number of anilines is 2. The summed E-state index contributed by atoms with van der Waals surface area (Å²) in [4.78, 5) is 12.0. The number of hydrogen-bond donors (Lipinski definition) is 2. The van der Waals surface area contributed by atoms with Crippen LogP contribution in [0.5, 0.6) is 0 Å². The van der Waals surface area contributed by atoms with E-state index in [4.69, 9.17) is 0 Å². The number of sulfonamides is 1. The predicted octanol–water partition coefficient (Wildman–Crippen LogP) is 2.59. The third kappa shape index (κ3) is 4.01. The van der Waals surface area contributed by atoms with Gasteiger partial charge >= 0.3 is 0 Å². The van der Waals surface area contributed by atoms with E-state index in [0.29, 0.717) is 6.07 Å². The van der Waals surface area contributed by atoms with Crippen molar-refractivity contribution in [2.45, 2.75) is 0 Å². The summed E-state index contributed by atoms with van der Waals surface area (Å²) in [5.74, 6) is -2.63. The highest BCUT2D eigenvalue weighted by Gasteiger charge is 2.15. The normalized spacial score (nSPS) is 11.0. The molecule has 8 heteroatoms. The zero-order valence-corrected chi connectivity index (χ0v) is 12.2. The van der Waals surface area contributed by atoms with Gasteiger partial charge in [-0.25, -0.2) is 17.2 Å². The minimum absolute atomic E-state index is 0.140. The smallest absolute Gasteiger partial charge is 0.258 e. The average Bonchev–Trinajstić information content (AvgIpc) is 2.39. The molecule has 0 aliphatic heterocycles. The van der Waals surface area contributed by atoms with E-state index in [9.17, 15) is 22.0 Å². The summed E-state index contributed by atoms with van der Waals surface area (Å²) in [7, 11) is -3.54. The molecule has 0 bridgehead atoms. The quantitative estimate of drug-likeness (QED) is 0.907. The van der Waals surface area contributed by atoms with Gasteiger partial charge in [0.25, 0.3) is 5.91 Å². The molecule has 2 N–H and O–H groups in total. The summed E-state index contributed by atoms with van der Waals surface area (Å²) < 4.78 is 51.2. The maximum atomic E-state index is 13.6. The molecule has 0 fully saturated rings. The molecule has 0 aromatic heterocycles. The van der Waals surface area contributed by atoms with Gasteiger partial charge in [0, 0.05) is 6.07 Å². The summed E-state index contributed by atoms with van der Waals surface area (Å²) >= 11 is 0. The van der Waals surface area contributed by atoms with Crippen molar-refractivity contribution < 1.29 is 22.0 Å². The molecule has 2 aromatic rings. The van der Waals surface area contributed by atoms with E-state index < -0.39 is 27.6 Å². The molecule has 0 saturated carbocycles. The molecule has 22 heavy (non-hydrogen) atoms. The Bertz CT molecular complexity index is 823. The fraction of sp³-hybridized carbons (Fsp3) is 0.0714. The zero-order valence-electron chi connectivity index (χ0n) is 11.4. The second kappa shape index (κ2) is 6.10. The largest absolute Gasteiger partial charge is 0.320 e. The summed E-state index contributed by atoms with van der Waals surface area (Å²) in [5, 5.41) is 2.38. The summed E-state index contributed by atoms with van der Waals surface area (Å²) in [6, 6.07) is 8.59. The van der Waals surface area contributed by atoms with Crippen molar-refractivity contribution >= 4 is 27.3 Å². The number of carbonyl (C=O) groups is 1. The van der Waals surface area contributed by atoms with Gasteiger partial charge in [0.15, 0.2) is 0 Å². The molecule has 0 spiro atoms. The molecule has 0 aliphatic rings. The average molecular weight is 326 g/mol. The molecule has 0 atom stereocenters. The Morgan fingerprint density at radius 1 is 1.05 bits per heavy atom. The highest BCUT2D eigenvalue weighted by Crippen LogP contribution is 2.23. The molecule has 2 rings (SSSR count). The molecule has 0 unspecified atom stereocenters. The maximum absolute atomic E-state index is 13.6. The van der Waals surface area contributed by atoms with Gasteiger partial charge in [0.05, 0.1) is 23.2 Å². The first-order chi connectivity index (χ1) is 10.3. The van der Waals surface area contributed by atoms with Crippen LogP contribution in [0.3, 0.4) is 0 Å². The second-order valence-corrected chi connectivity index (χ2v) is 6.25. The van der Waals surface area contributed by atoms with Crippen LogP contribution in [0.15, 0.2) is 42.5 Å². The molecule has 2 aromatic carbocycles. The SMILES string of the molecule is CS(=O)(=O)Nc1ccccc1NC(=O)c1ccc(F)cc1F. The fourth-order valence-electron chi connectivity index (χ4n) is 1.74. The summed E-state index contributed by atoms with van der Waals surface area (Å²) in [6.45, 7) is 0. The molecule has 0 radical (unpaired) electrons. The monoisotopic (exact) mass is 326 g/mol. The third-order valence-electron chi connectivity index (χ3n) is 2.65. The highest BCUT2D eigenvalue weighted by atomic mass is 32.2. The van der Waals surface area contributed by atoms with E-state index in [1.807, 2.05) is 0 Å². The number of halogens is 2. The van der Waals surface area contributed by atoms with Crippen LogP contribution in [0, 0.1) is 11.6 Å². The van der Waals surface area contributed by atoms with E-state index in [1.54, 1.807) is 12.1 Å². The molecule has 0 heterocycles. The zero-order chi connectivity index (χ0) is 16.3. The van der Waals surface area contributed by atoms with Gasteiger partial charge in [-0.15, -0.1) is 0 Å². The highest BCUT2D eigenvalue weighted by molar-refractivity contribution is 7.92.